The number of allylic oxidation sites excluding steroid dienone is 18. The molecule has 0 saturated carbocycles. The van der Waals surface area contributed by atoms with Crippen LogP contribution >= 0.6 is 0 Å². The maximum atomic E-state index is 11.9. The second-order valence-electron chi connectivity index (χ2n) is 24.9. The fraction of sp³-hybridized carbons (Fsp3) is 0.611. The molecule has 0 bridgehead atoms. The molecule has 23 heteroatoms. The minimum atomic E-state index is -1.61. The van der Waals surface area contributed by atoms with Crippen LogP contribution in [0.5, 0.6) is 0 Å². The van der Waals surface area contributed by atoms with E-state index in [9.17, 15) is 86.2 Å². The molecule has 1 aliphatic carbocycles. The minimum absolute atomic E-state index is 0.0373. The van der Waals surface area contributed by atoms with Gasteiger partial charge in [-0.3, -0.25) is 9.59 Å². The maximum absolute atomic E-state index is 11.9. The smallest absolute Gasteiger partial charge is 0.248 e. The number of nitrogens with two attached hydrogens (primary N) is 1. The van der Waals surface area contributed by atoms with E-state index in [2.05, 4.69) is 5.32 Å². The molecule has 0 radical (unpaired) electrons. The van der Waals surface area contributed by atoms with E-state index in [1.54, 1.807) is 98.9 Å². The van der Waals surface area contributed by atoms with Crippen LogP contribution in [-0.4, -0.2) is 218 Å². The van der Waals surface area contributed by atoms with E-state index in [0.29, 0.717) is 19.4 Å². The molecule has 0 aromatic heterocycles. The summed E-state index contributed by atoms with van der Waals surface area (Å²) < 4.78 is 24.5. The van der Waals surface area contributed by atoms with Crippen LogP contribution in [0.3, 0.4) is 0 Å². The maximum Gasteiger partial charge on any atom is 0.248 e. The van der Waals surface area contributed by atoms with Gasteiger partial charge in [-0.1, -0.05) is 161 Å². The van der Waals surface area contributed by atoms with Crippen LogP contribution in [-0.2, 0) is 28.5 Å². The lowest BCUT2D eigenvalue weighted by Crippen LogP contribution is -2.59. The standard InChI is InChI=1S/C72H112N2O21/c1-48(27-20-16-12-8-5-6-11-15-19-23-35-65(87)74-66-62(85)36-37-63(66)86)67(88)49(2)61(84)33-21-17-13-9-7-10-14-18-22-34-64(95-71-70(91)69(90)68(89)51(4)94-71)50(3)72(92-39-40-93-72)47-60(83)46-59(82)44-55(78)31-25-30-54(77)43-58(81)45-57(80)42-53(76)29-24-28-52(75)41-56(79)32-26-38-73/h5-11,13-15,17-25,27,29,31,33,35,48-61,64,67-71,75-85,88-91H,12,16,26,28,30,32,34,36-47,73H2,1-4H3,(H,74,87)/b8-5+,9-7+,11-6+,14-10+,17-13+,19-15+,22-18+,27-20+,29-24+,31-25+,33-21+,35-23+. The predicted octanol–water partition coefficient (Wildman–Crippen LogP) is 4.16. The van der Waals surface area contributed by atoms with Crippen molar-refractivity contribution in [1.29, 1.82) is 0 Å². The lowest BCUT2D eigenvalue weighted by atomic mass is 9.86. The molecule has 23 nitrogen and oxygen atoms in total. The first-order chi connectivity index (χ1) is 45.3. The third-order valence-corrected chi connectivity index (χ3v) is 16.6. The molecule has 2 aliphatic heterocycles. The van der Waals surface area contributed by atoms with Crippen LogP contribution < -0.4 is 11.1 Å². The molecule has 2 heterocycles. The van der Waals surface area contributed by atoms with Gasteiger partial charge in [-0.2, -0.15) is 0 Å². The summed E-state index contributed by atoms with van der Waals surface area (Å²) in [5.41, 5.74) is 5.41. The number of aliphatic hydroxyl groups is 15. The van der Waals surface area contributed by atoms with E-state index in [0.717, 1.165) is 12.8 Å². The first kappa shape index (κ1) is 84.0. The van der Waals surface area contributed by atoms with Gasteiger partial charge in [-0.15, -0.1) is 0 Å². The molecule has 3 rings (SSSR count). The average Bonchev–Trinajstić information content (AvgIpc) is 1.90. The molecule has 3 aliphatic rings. The van der Waals surface area contributed by atoms with Gasteiger partial charge >= 0.3 is 0 Å². The van der Waals surface area contributed by atoms with E-state index in [-0.39, 0.29) is 113 Å². The number of nitrogens with one attached hydrogen (secondary N) is 1. The Kier molecular flexibility index (Phi) is 41.5. The van der Waals surface area contributed by atoms with Gasteiger partial charge in [0.1, 0.15) is 29.8 Å². The highest BCUT2D eigenvalue weighted by Crippen LogP contribution is 2.39. The number of ether oxygens (including phenoxy) is 4. The number of ketones is 1. The number of aliphatic hydroxyl groups excluding tert-OH is 15. The molecule has 0 spiro atoms. The topological polar surface area (TPSA) is 413 Å². The lowest BCUT2D eigenvalue weighted by molar-refractivity contribution is -0.320. The van der Waals surface area contributed by atoms with Crippen molar-refractivity contribution in [2.75, 3.05) is 19.8 Å². The lowest BCUT2D eigenvalue weighted by Gasteiger charge is -2.43. The Balaban J connectivity index is 1.46. The Morgan fingerprint density at radius 1 is 0.589 bits per heavy atom. The predicted molar refractivity (Wildman–Crippen MR) is 361 cm³/mol. The molecular formula is C72H112N2O21. The molecular weight excluding hydrogens is 1230 g/mol. The summed E-state index contributed by atoms with van der Waals surface area (Å²) in [6.07, 6.45) is 25.4. The van der Waals surface area contributed by atoms with Gasteiger partial charge in [-0.25, -0.2) is 0 Å². The van der Waals surface area contributed by atoms with Crippen molar-refractivity contribution in [1.82, 2.24) is 5.32 Å². The van der Waals surface area contributed by atoms with E-state index in [1.807, 2.05) is 37.3 Å². The SMILES string of the molecule is CC(/C=C/CC/C=C/C=C/C=C/C=C/C(=O)NC1=C(O)CCC1=O)C(O)C(C)C(O)/C=C/C=C/C=C/C=C/C=C/CC(OC1OC(C)C(O)C(O)C1O)C(C)C1(CC(O)CC(O)CC(O)/C=C/CC(O)CC(O)CC(O)CC(O)/C=C/CC(O)CC(O)CCCN)OCCO1. The monoisotopic (exact) mass is 1340 g/mol. The van der Waals surface area contributed by atoms with Gasteiger partial charge in [0.2, 0.25) is 5.91 Å². The molecule has 536 valence electrons. The summed E-state index contributed by atoms with van der Waals surface area (Å²) in [5.74, 6) is -3.65. The fourth-order valence-corrected chi connectivity index (χ4v) is 11.0. The average molecular weight is 1340 g/mol. The van der Waals surface area contributed by atoms with Gasteiger partial charge in [0, 0.05) is 55.9 Å². The van der Waals surface area contributed by atoms with Gasteiger partial charge in [0.25, 0.3) is 0 Å². The molecule has 2 fully saturated rings. The van der Waals surface area contributed by atoms with Gasteiger partial charge < -0.3 is 107 Å². The van der Waals surface area contributed by atoms with Crippen molar-refractivity contribution >= 4 is 11.7 Å². The normalized spacial score (nSPS) is 25.1. The summed E-state index contributed by atoms with van der Waals surface area (Å²) in [4.78, 5) is 23.6. The minimum Gasteiger partial charge on any atom is -0.510 e. The highest BCUT2D eigenvalue weighted by atomic mass is 16.7. The summed E-state index contributed by atoms with van der Waals surface area (Å²) in [6.45, 7) is 7.78. The highest BCUT2D eigenvalue weighted by molar-refractivity contribution is 6.03. The second-order valence-corrected chi connectivity index (χ2v) is 24.9. The number of amides is 1. The molecule has 20 unspecified atom stereocenters. The number of carbonyl (C=O) groups excluding carboxylic acids is 2. The van der Waals surface area contributed by atoms with Crippen LogP contribution in [0, 0.1) is 17.8 Å². The van der Waals surface area contributed by atoms with Crippen molar-refractivity contribution in [2.45, 2.75) is 240 Å². The van der Waals surface area contributed by atoms with Gasteiger partial charge in [0.15, 0.2) is 17.9 Å². The highest BCUT2D eigenvalue weighted by Gasteiger charge is 2.50. The van der Waals surface area contributed by atoms with Crippen molar-refractivity contribution in [3.63, 3.8) is 0 Å². The Labute approximate surface area is 560 Å². The summed E-state index contributed by atoms with van der Waals surface area (Å²) in [7, 11) is 0. The summed E-state index contributed by atoms with van der Waals surface area (Å²) in [6, 6.07) is 0. The molecule has 0 aromatic rings. The van der Waals surface area contributed by atoms with Crippen LogP contribution in [0.25, 0.3) is 0 Å². The summed E-state index contributed by atoms with van der Waals surface area (Å²) in [5, 5.41) is 161. The third-order valence-electron chi connectivity index (χ3n) is 16.6. The van der Waals surface area contributed by atoms with Crippen LogP contribution in [0.1, 0.15) is 130 Å². The zero-order chi connectivity index (χ0) is 70.3. The molecule has 2 saturated heterocycles. The summed E-state index contributed by atoms with van der Waals surface area (Å²) >= 11 is 0. The number of hydrogen-bond acceptors (Lipinski definition) is 22. The first-order valence-corrected chi connectivity index (χ1v) is 33.3. The second kappa shape index (κ2) is 46.9. The molecule has 1 amide bonds. The van der Waals surface area contributed by atoms with Crippen molar-refractivity contribution in [3.05, 3.63) is 157 Å². The number of rotatable bonds is 46. The van der Waals surface area contributed by atoms with Gasteiger partial charge in [0.05, 0.1) is 92.6 Å². The third kappa shape index (κ3) is 33.7. The zero-order valence-corrected chi connectivity index (χ0v) is 55.6. The van der Waals surface area contributed by atoms with Crippen LogP contribution in [0.4, 0.5) is 0 Å². The zero-order valence-electron chi connectivity index (χ0n) is 55.6. The largest absolute Gasteiger partial charge is 0.510 e. The van der Waals surface area contributed by atoms with E-state index in [1.165, 1.54) is 37.3 Å². The number of Topliss-reactive ketones (excluding diaryl/α,β-unsaturated/α-hetero) is 1. The first-order valence-electron chi connectivity index (χ1n) is 33.3. The Hall–Kier alpha value is -5.20. The number of unbranched alkanes of at least 4 members (excludes halogenated alkanes) is 1. The molecule has 95 heavy (non-hydrogen) atoms. The van der Waals surface area contributed by atoms with Crippen molar-refractivity contribution in [2.24, 2.45) is 23.5 Å². The van der Waals surface area contributed by atoms with Crippen molar-refractivity contribution < 1.29 is 105 Å². The van der Waals surface area contributed by atoms with E-state index >= 15 is 0 Å². The molecule has 0 aromatic carbocycles. The Bertz CT molecular complexity index is 2590. The van der Waals surface area contributed by atoms with Gasteiger partial charge in [-0.05, 0) is 84.1 Å². The van der Waals surface area contributed by atoms with Crippen LogP contribution in [0.15, 0.2) is 157 Å². The Morgan fingerprint density at radius 2 is 1.11 bits per heavy atom. The Morgan fingerprint density at radius 3 is 1.68 bits per heavy atom. The van der Waals surface area contributed by atoms with E-state index < -0.39 is 127 Å². The van der Waals surface area contributed by atoms with Crippen molar-refractivity contribution in [3.8, 4) is 0 Å². The number of hydrogen-bond donors (Lipinski definition) is 17. The number of carbonyl (C=O) groups is 2. The molecule has 18 N–H and O–H groups in total. The fourth-order valence-electron chi connectivity index (χ4n) is 11.0. The molecule has 20 atom stereocenters. The van der Waals surface area contributed by atoms with Crippen LogP contribution in [0.2, 0.25) is 0 Å². The quantitative estimate of drug-likeness (QED) is 0.0176. The van der Waals surface area contributed by atoms with E-state index in [4.69, 9.17) is 24.7 Å².